The number of thioether (sulfide) groups is 1. The zero-order valence-electron chi connectivity index (χ0n) is 10.1. The van der Waals surface area contributed by atoms with E-state index in [0.29, 0.717) is 15.4 Å². The first-order valence-corrected chi connectivity index (χ1v) is 7.90. The highest BCUT2D eigenvalue weighted by atomic mass is 35.5. The van der Waals surface area contributed by atoms with E-state index in [2.05, 4.69) is 9.97 Å². The maximum atomic E-state index is 11.3. The quantitative estimate of drug-likeness (QED) is 0.722. The number of benzene rings is 1. The van der Waals surface area contributed by atoms with Gasteiger partial charge in [0, 0.05) is 16.8 Å². The third kappa shape index (κ3) is 2.82. The van der Waals surface area contributed by atoms with E-state index in [-0.39, 0.29) is 11.3 Å². The number of thiazole rings is 1. The molecule has 0 saturated carbocycles. The molecule has 0 aliphatic heterocycles. The lowest BCUT2D eigenvalue weighted by Gasteiger charge is -1.98. The molecule has 0 aliphatic rings. The Bertz CT molecular complexity index is 811. The number of aromatic hydroxyl groups is 1. The lowest BCUT2D eigenvalue weighted by atomic mass is 10.2. The smallest absolute Gasteiger partial charge is 0.253 e. The molecule has 102 valence electrons. The molecule has 0 saturated heterocycles. The van der Waals surface area contributed by atoms with Crippen LogP contribution in [0.3, 0.4) is 0 Å². The predicted molar refractivity (Wildman–Crippen MR) is 82.9 cm³/mol. The van der Waals surface area contributed by atoms with Gasteiger partial charge in [-0.15, -0.1) is 11.3 Å². The van der Waals surface area contributed by atoms with Crippen LogP contribution in [0, 0.1) is 0 Å². The monoisotopic (exact) mass is 324 g/mol. The molecule has 2 heterocycles. The van der Waals surface area contributed by atoms with Crippen LogP contribution in [0.25, 0.3) is 10.3 Å². The minimum Gasteiger partial charge on any atom is -0.506 e. The van der Waals surface area contributed by atoms with Crippen molar-refractivity contribution < 1.29 is 5.11 Å². The van der Waals surface area contributed by atoms with Crippen LogP contribution in [0.1, 0.15) is 5.56 Å². The summed E-state index contributed by atoms with van der Waals surface area (Å²) < 4.78 is 1.40. The molecular formula is C13H9ClN2O2S2. The number of nitrogens with zero attached hydrogens (tertiary/aromatic N) is 1. The topological polar surface area (TPSA) is 66.0 Å². The minimum atomic E-state index is -0.352. The van der Waals surface area contributed by atoms with Crippen LogP contribution in [0.2, 0.25) is 5.02 Å². The number of H-pyrrole nitrogens is 1. The van der Waals surface area contributed by atoms with Crippen molar-refractivity contribution in [3.63, 3.8) is 0 Å². The Balaban J connectivity index is 1.83. The molecule has 3 aromatic rings. The van der Waals surface area contributed by atoms with E-state index >= 15 is 0 Å². The first-order chi connectivity index (χ1) is 9.61. The summed E-state index contributed by atoms with van der Waals surface area (Å²) in [5.74, 6) is 0.724. The van der Waals surface area contributed by atoms with Crippen molar-refractivity contribution in [2.45, 2.75) is 10.1 Å². The molecule has 0 atom stereocenters. The van der Waals surface area contributed by atoms with Crippen LogP contribution in [0.4, 0.5) is 0 Å². The standard InChI is InChI=1S/C13H9ClN2O2S2/c14-8-3-1-7(2-4-8)6-19-13-16-12-11(20-13)9(17)5-10(18)15-12/h1-5H,6H2,(H2,15,17,18). The van der Waals surface area contributed by atoms with Crippen molar-refractivity contribution in [1.82, 2.24) is 9.97 Å². The van der Waals surface area contributed by atoms with Gasteiger partial charge in [-0.2, -0.15) is 0 Å². The predicted octanol–water partition coefficient (Wildman–Crippen LogP) is 3.64. The summed E-state index contributed by atoms with van der Waals surface area (Å²) in [4.78, 5) is 18.2. The van der Waals surface area contributed by atoms with Crippen LogP contribution < -0.4 is 5.56 Å². The molecule has 4 nitrogen and oxygen atoms in total. The van der Waals surface area contributed by atoms with Crippen LogP contribution >= 0.6 is 34.7 Å². The van der Waals surface area contributed by atoms with Crippen molar-refractivity contribution in [1.29, 1.82) is 0 Å². The first kappa shape index (κ1) is 13.5. The fraction of sp³-hybridized carbons (Fsp3) is 0.0769. The summed E-state index contributed by atoms with van der Waals surface area (Å²) in [5, 5.41) is 10.4. The normalized spacial score (nSPS) is 11.1. The van der Waals surface area contributed by atoms with Gasteiger partial charge in [0.1, 0.15) is 10.4 Å². The van der Waals surface area contributed by atoms with Crippen LogP contribution in [-0.2, 0) is 5.75 Å². The summed E-state index contributed by atoms with van der Waals surface area (Å²) in [6, 6.07) is 8.77. The number of aromatic amines is 1. The summed E-state index contributed by atoms with van der Waals surface area (Å²) in [6.45, 7) is 0. The minimum absolute atomic E-state index is 0.0282. The second kappa shape index (κ2) is 5.47. The summed E-state index contributed by atoms with van der Waals surface area (Å²) >= 11 is 8.75. The van der Waals surface area contributed by atoms with E-state index in [1.54, 1.807) is 11.8 Å². The van der Waals surface area contributed by atoms with Gasteiger partial charge in [0.05, 0.1) is 0 Å². The number of fused-ring (bicyclic) bond motifs is 1. The summed E-state index contributed by atoms with van der Waals surface area (Å²) in [6.07, 6.45) is 0. The Morgan fingerprint density at radius 3 is 2.85 bits per heavy atom. The molecule has 7 heteroatoms. The second-order valence-electron chi connectivity index (χ2n) is 4.09. The largest absolute Gasteiger partial charge is 0.506 e. The van der Waals surface area contributed by atoms with Crippen molar-refractivity contribution in [2.24, 2.45) is 0 Å². The third-order valence-electron chi connectivity index (χ3n) is 2.63. The number of pyridine rings is 1. The lowest BCUT2D eigenvalue weighted by molar-refractivity contribution is 0.481. The molecule has 0 bridgehead atoms. The highest BCUT2D eigenvalue weighted by Crippen LogP contribution is 2.34. The molecule has 0 amide bonds. The number of hydrogen-bond donors (Lipinski definition) is 2. The molecule has 0 unspecified atom stereocenters. The second-order valence-corrected chi connectivity index (χ2v) is 6.75. The molecular weight excluding hydrogens is 316 g/mol. The molecule has 2 aromatic heterocycles. The van der Waals surface area contributed by atoms with Crippen molar-refractivity contribution in [3.8, 4) is 5.75 Å². The van der Waals surface area contributed by atoms with E-state index < -0.39 is 0 Å². The van der Waals surface area contributed by atoms with Crippen molar-refractivity contribution in [3.05, 3.63) is 51.3 Å². The fourth-order valence-electron chi connectivity index (χ4n) is 1.69. The van der Waals surface area contributed by atoms with Gasteiger partial charge in [-0.25, -0.2) is 4.98 Å². The maximum absolute atomic E-state index is 11.3. The zero-order chi connectivity index (χ0) is 14.1. The Kier molecular flexibility index (Phi) is 3.69. The Morgan fingerprint density at radius 1 is 1.35 bits per heavy atom. The van der Waals surface area contributed by atoms with Crippen LogP contribution in [0.5, 0.6) is 5.75 Å². The average molecular weight is 325 g/mol. The number of rotatable bonds is 3. The average Bonchev–Trinajstić information content (AvgIpc) is 2.81. The number of hydrogen-bond acceptors (Lipinski definition) is 5. The van der Waals surface area contributed by atoms with E-state index in [0.717, 1.165) is 21.7 Å². The fourth-order valence-corrected chi connectivity index (χ4v) is 3.78. The van der Waals surface area contributed by atoms with E-state index in [1.807, 2.05) is 24.3 Å². The van der Waals surface area contributed by atoms with Gasteiger partial charge in [0.15, 0.2) is 9.99 Å². The molecule has 20 heavy (non-hydrogen) atoms. The van der Waals surface area contributed by atoms with Gasteiger partial charge >= 0.3 is 0 Å². The van der Waals surface area contributed by atoms with Gasteiger partial charge in [0.2, 0.25) is 0 Å². The summed E-state index contributed by atoms with van der Waals surface area (Å²) in [5.41, 5.74) is 1.21. The van der Waals surface area contributed by atoms with Gasteiger partial charge in [-0.3, -0.25) is 4.79 Å². The van der Waals surface area contributed by atoms with Gasteiger partial charge in [-0.1, -0.05) is 35.5 Å². The molecule has 2 N–H and O–H groups in total. The third-order valence-corrected chi connectivity index (χ3v) is 5.17. The molecule has 3 rings (SSSR count). The van der Waals surface area contributed by atoms with E-state index in [9.17, 15) is 9.90 Å². The highest BCUT2D eigenvalue weighted by molar-refractivity contribution is 8.00. The van der Waals surface area contributed by atoms with Crippen LogP contribution in [0.15, 0.2) is 39.5 Å². The molecule has 0 spiro atoms. The molecule has 0 radical (unpaired) electrons. The molecule has 0 fully saturated rings. The van der Waals surface area contributed by atoms with Gasteiger partial charge < -0.3 is 10.1 Å². The zero-order valence-corrected chi connectivity index (χ0v) is 12.5. The number of halogens is 1. The lowest BCUT2D eigenvalue weighted by Crippen LogP contribution is -2.02. The highest BCUT2D eigenvalue weighted by Gasteiger charge is 2.10. The van der Waals surface area contributed by atoms with Gasteiger partial charge in [-0.05, 0) is 17.7 Å². The SMILES string of the molecule is O=c1cc(O)c2sc(SCc3ccc(Cl)cc3)nc2[nH]1. The Morgan fingerprint density at radius 2 is 2.10 bits per heavy atom. The Labute approximate surface area is 127 Å². The maximum Gasteiger partial charge on any atom is 0.253 e. The van der Waals surface area contributed by atoms with Crippen molar-refractivity contribution in [2.75, 3.05) is 0 Å². The van der Waals surface area contributed by atoms with Crippen molar-refractivity contribution >= 4 is 45.0 Å². The Hall–Kier alpha value is -1.50. The summed E-state index contributed by atoms with van der Waals surface area (Å²) in [7, 11) is 0. The van der Waals surface area contributed by atoms with E-state index in [1.165, 1.54) is 11.3 Å². The van der Waals surface area contributed by atoms with E-state index in [4.69, 9.17) is 11.6 Å². The van der Waals surface area contributed by atoms with Crippen LogP contribution in [-0.4, -0.2) is 15.1 Å². The first-order valence-electron chi connectivity index (χ1n) is 5.72. The molecule has 0 aliphatic carbocycles. The van der Waals surface area contributed by atoms with Gasteiger partial charge in [0.25, 0.3) is 5.56 Å². The number of aromatic nitrogens is 2. The molecule has 1 aromatic carbocycles. The number of nitrogens with one attached hydrogen (secondary N) is 1.